The lowest BCUT2D eigenvalue weighted by Crippen LogP contribution is -2.16. The summed E-state index contributed by atoms with van der Waals surface area (Å²) in [4.78, 5) is 14.6. The Labute approximate surface area is 118 Å². The summed E-state index contributed by atoms with van der Waals surface area (Å²) < 4.78 is 11.6. The van der Waals surface area contributed by atoms with E-state index in [4.69, 9.17) is 15.2 Å². The number of anilines is 1. The Hall–Kier alpha value is -3.10. The van der Waals surface area contributed by atoms with Crippen molar-refractivity contribution in [2.45, 2.75) is 0 Å². The molecule has 0 saturated carbocycles. The first-order valence-electron chi connectivity index (χ1n) is 5.97. The first-order chi connectivity index (χ1) is 10.1. The Morgan fingerprint density at radius 1 is 1.19 bits per heavy atom. The Balaban J connectivity index is 2.22. The van der Waals surface area contributed by atoms with Crippen LogP contribution in [0.3, 0.4) is 0 Å². The van der Waals surface area contributed by atoms with E-state index in [-0.39, 0.29) is 17.4 Å². The van der Waals surface area contributed by atoms with E-state index in [9.17, 15) is 4.79 Å². The second-order valence-corrected chi connectivity index (χ2v) is 4.17. The Morgan fingerprint density at radius 2 is 1.95 bits per heavy atom. The molecule has 9 heteroatoms. The summed E-state index contributed by atoms with van der Waals surface area (Å²) in [6.45, 7) is 0. The zero-order valence-electron chi connectivity index (χ0n) is 11.3. The van der Waals surface area contributed by atoms with Crippen molar-refractivity contribution in [1.29, 1.82) is 0 Å². The molecule has 0 radical (unpaired) electrons. The van der Waals surface area contributed by atoms with Gasteiger partial charge in [-0.15, -0.1) is 10.2 Å². The second-order valence-electron chi connectivity index (χ2n) is 4.17. The van der Waals surface area contributed by atoms with Crippen LogP contribution in [0.5, 0.6) is 11.5 Å². The number of nitrogens with one attached hydrogen (secondary N) is 1. The van der Waals surface area contributed by atoms with E-state index >= 15 is 0 Å². The number of hydrogen-bond donors (Lipinski definition) is 2. The molecule has 0 aliphatic rings. The number of benzene rings is 1. The number of H-pyrrole nitrogens is 1. The maximum Gasteiger partial charge on any atom is 0.279 e. The third kappa shape index (κ3) is 2.04. The van der Waals surface area contributed by atoms with E-state index < -0.39 is 5.56 Å². The predicted octanol–water partition coefficient (Wildman–Crippen LogP) is 0.0790. The minimum atomic E-state index is -0.401. The van der Waals surface area contributed by atoms with Crippen molar-refractivity contribution >= 4 is 11.7 Å². The molecule has 0 aliphatic heterocycles. The first-order valence-corrected chi connectivity index (χ1v) is 5.97. The SMILES string of the molecule is COc1ccc(-c2nn3c(N)nnc3[nH]c2=O)cc1OC. The monoisotopic (exact) mass is 288 g/mol. The third-order valence-corrected chi connectivity index (χ3v) is 2.96. The summed E-state index contributed by atoms with van der Waals surface area (Å²) in [7, 11) is 3.05. The minimum absolute atomic E-state index is 0.0861. The lowest BCUT2D eigenvalue weighted by molar-refractivity contribution is 0.355. The fraction of sp³-hybridized carbons (Fsp3) is 0.167. The second kappa shape index (κ2) is 4.78. The number of methoxy groups -OCH3 is 2. The van der Waals surface area contributed by atoms with Crippen molar-refractivity contribution in [3.05, 3.63) is 28.6 Å². The van der Waals surface area contributed by atoms with Crippen molar-refractivity contribution < 1.29 is 9.47 Å². The number of fused-ring (bicyclic) bond motifs is 1. The van der Waals surface area contributed by atoms with Crippen LogP contribution in [0.25, 0.3) is 17.0 Å². The van der Waals surface area contributed by atoms with Crippen LogP contribution in [0.15, 0.2) is 23.0 Å². The first kappa shape index (κ1) is 12.9. The van der Waals surface area contributed by atoms with E-state index in [0.717, 1.165) is 0 Å². The molecule has 3 N–H and O–H groups in total. The van der Waals surface area contributed by atoms with Crippen molar-refractivity contribution in [1.82, 2.24) is 24.8 Å². The number of aromatic amines is 1. The standard InChI is InChI=1S/C12H12N6O3/c1-20-7-4-3-6(5-8(7)21-2)9-10(19)14-12-16-15-11(13)18(12)17-9/h3-5H,1-2H3,(H2,13,15)(H,14,16,19). The predicted molar refractivity (Wildman–Crippen MR) is 74.4 cm³/mol. The van der Waals surface area contributed by atoms with E-state index in [2.05, 4.69) is 20.3 Å². The molecular weight excluding hydrogens is 276 g/mol. The van der Waals surface area contributed by atoms with E-state index in [1.54, 1.807) is 18.2 Å². The van der Waals surface area contributed by atoms with Gasteiger partial charge in [0.15, 0.2) is 17.2 Å². The number of nitrogens with zero attached hydrogens (tertiary/aromatic N) is 4. The van der Waals surface area contributed by atoms with Gasteiger partial charge in [0.2, 0.25) is 5.95 Å². The molecule has 3 aromatic rings. The molecule has 9 nitrogen and oxygen atoms in total. The lowest BCUT2D eigenvalue weighted by Gasteiger charge is -2.08. The third-order valence-electron chi connectivity index (χ3n) is 2.96. The summed E-state index contributed by atoms with van der Waals surface area (Å²) in [5.74, 6) is 1.32. The molecule has 1 aromatic carbocycles. The van der Waals surface area contributed by atoms with Gasteiger partial charge in [-0.2, -0.15) is 9.61 Å². The van der Waals surface area contributed by atoms with Gasteiger partial charge in [0, 0.05) is 5.56 Å². The molecule has 0 amide bonds. The smallest absolute Gasteiger partial charge is 0.279 e. The number of hydrogen-bond acceptors (Lipinski definition) is 7. The van der Waals surface area contributed by atoms with Crippen molar-refractivity contribution in [3.63, 3.8) is 0 Å². The number of aromatic nitrogens is 5. The highest BCUT2D eigenvalue weighted by Gasteiger charge is 2.13. The zero-order valence-corrected chi connectivity index (χ0v) is 11.3. The summed E-state index contributed by atoms with van der Waals surface area (Å²) in [6.07, 6.45) is 0. The highest BCUT2D eigenvalue weighted by atomic mass is 16.5. The number of rotatable bonds is 3. The van der Waals surface area contributed by atoms with Crippen LogP contribution in [0.4, 0.5) is 5.95 Å². The largest absolute Gasteiger partial charge is 0.493 e. The number of nitrogens with two attached hydrogens (primary N) is 1. The van der Waals surface area contributed by atoms with E-state index in [1.165, 1.54) is 18.7 Å². The molecule has 0 fully saturated rings. The van der Waals surface area contributed by atoms with Gasteiger partial charge >= 0.3 is 0 Å². The highest BCUT2D eigenvalue weighted by Crippen LogP contribution is 2.30. The minimum Gasteiger partial charge on any atom is -0.493 e. The van der Waals surface area contributed by atoms with Crippen LogP contribution in [0.2, 0.25) is 0 Å². The lowest BCUT2D eigenvalue weighted by atomic mass is 10.1. The molecule has 0 aliphatic carbocycles. The van der Waals surface area contributed by atoms with Crippen LogP contribution in [0, 0.1) is 0 Å². The molecule has 0 spiro atoms. The van der Waals surface area contributed by atoms with Gasteiger partial charge in [-0.05, 0) is 18.2 Å². The summed E-state index contributed by atoms with van der Waals surface area (Å²) >= 11 is 0. The summed E-state index contributed by atoms with van der Waals surface area (Å²) in [6, 6.07) is 5.04. The van der Waals surface area contributed by atoms with Crippen molar-refractivity contribution in [3.8, 4) is 22.8 Å². The topological polar surface area (TPSA) is 120 Å². The van der Waals surface area contributed by atoms with Crippen LogP contribution in [-0.4, -0.2) is 39.0 Å². The van der Waals surface area contributed by atoms with Gasteiger partial charge in [-0.3, -0.25) is 9.78 Å². The average Bonchev–Trinajstić information content (AvgIpc) is 2.86. The molecule has 0 bridgehead atoms. The molecule has 2 aromatic heterocycles. The van der Waals surface area contributed by atoms with Gasteiger partial charge in [0.25, 0.3) is 11.3 Å². The maximum atomic E-state index is 12.1. The molecule has 0 unspecified atom stereocenters. The van der Waals surface area contributed by atoms with Crippen LogP contribution >= 0.6 is 0 Å². The Kier molecular flexibility index (Phi) is 2.94. The van der Waals surface area contributed by atoms with Crippen molar-refractivity contribution in [2.24, 2.45) is 0 Å². The average molecular weight is 288 g/mol. The molecular formula is C12H12N6O3. The van der Waals surface area contributed by atoms with Crippen LogP contribution < -0.4 is 20.8 Å². The van der Waals surface area contributed by atoms with Crippen LogP contribution in [0.1, 0.15) is 0 Å². The zero-order chi connectivity index (χ0) is 15.0. The Bertz CT molecular complexity index is 869. The normalized spacial score (nSPS) is 10.8. The van der Waals surface area contributed by atoms with Gasteiger partial charge in [0.1, 0.15) is 0 Å². The van der Waals surface area contributed by atoms with Gasteiger partial charge in [-0.1, -0.05) is 0 Å². The van der Waals surface area contributed by atoms with Gasteiger partial charge < -0.3 is 15.2 Å². The molecule has 3 rings (SSSR count). The molecule has 21 heavy (non-hydrogen) atoms. The number of nitrogen functional groups attached to an aromatic ring is 1. The van der Waals surface area contributed by atoms with E-state index in [1.807, 2.05) is 0 Å². The van der Waals surface area contributed by atoms with Gasteiger partial charge in [0.05, 0.1) is 14.2 Å². The number of ether oxygens (including phenoxy) is 2. The highest BCUT2D eigenvalue weighted by molar-refractivity contribution is 5.63. The Morgan fingerprint density at radius 3 is 2.67 bits per heavy atom. The maximum absolute atomic E-state index is 12.1. The fourth-order valence-electron chi connectivity index (χ4n) is 1.95. The molecule has 0 saturated heterocycles. The molecule has 108 valence electrons. The van der Waals surface area contributed by atoms with Crippen LogP contribution in [-0.2, 0) is 0 Å². The summed E-state index contributed by atoms with van der Waals surface area (Å²) in [5, 5.41) is 11.5. The molecule has 2 heterocycles. The van der Waals surface area contributed by atoms with Crippen molar-refractivity contribution in [2.75, 3.05) is 20.0 Å². The van der Waals surface area contributed by atoms with Gasteiger partial charge in [-0.25, -0.2) is 0 Å². The van der Waals surface area contributed by atoms with E-state index in [0.29, 0.717) is 17.1 Å². The fourth-order valence-corrected chi connectivity index (χ4v) is 1.95. The quantitative estimate of drug-likeness (QED) is 0.700. The summed E-state index contributed by atoms with van der Waals surface area (Å²) in [5.41, 5.74) is 5.97. The molecule has 0 atom stereocenters.